The van der Waals surface area contributed by atoms with E-state index < -0.39 is 18.3 Å². The molecule has 1 N–H and O–H groups in total. The van der Waals surface area contributed by atoms with Crippen LogP contribution in [0.2, 0.25) is 0 Å². The monoisotopic (exact) mass is 282 g/mol. The third-order valence-electron chi connectivity index (χ3n) is 1.83. The van der Waals surface area contributed by atoms with Crippen LogP contribution in [0.5, 0.6) is 0 Å². The Morgan fingerprint density at radius 1 is 1.73 bits per heavy atom. The summed E-state index contributed by atoms with van der Waals surface area (Å²) in [5.41, 5.74) is -0.368. The van der Waals surface area contributed by atoms with E-state index in [9.17, 15) is 13.6 Å². The van der Waals surface area contributed by atoms with Gasteiger partial charge in [0.2, 0.25) is 0 Å². The Morgan fingerprint density at radius 3 is 2.73 bits per heavy atom. The molecule has 7 heteroatoms. The minimum absolute atomic E-state index is 0.0701. The lowest BCUT2D eigenvalue weighted by molar-refractivity contribution is -0.141. The van der Waals surface area contributed by atoms with E-state index in [1.54, 1.807) is 0 Å². The van der Waals surface area contributed by atoms with E-state index in [1.807, 2.05) is 0 Å². The summed E-state index contributed by atoms with van der Waals surface area (Å²) in [4.78, 5) is 10.5. The fraction of sp³-hybridized carbons (Fsp3) is 0.500. The van der Waals surface area contributed by atoms with Crippen molar-refractivity contribution in [1.29, 1.82) is 0 Å². The van der Waals surface area contributed by atoms with Gasteiger partial charge in [-0.1, -0.05) is 6.92 Å². The highest BCUT2D eigenvalue weighted by molar-refractivity contribution is 9.10. The number of nitrogens with zero attached hydrogens (tertiary/aromatic N) is 2. The molecule has 0 saturated carbocycles. The second-order valence-corrected chi connectivity index (χ2v) is 3.98. The number of alkyl halides is 2. The summed E-state index contributed by atoms with van der Waals surface area (Å²) in [5, 5.41) is 12.2. The maximum Gasteiger partial charge on any atom is 0.308 e. The highest BCUT2D eigenvalue weighted by Crippen LogP contribution is 2.25. The van der Waals surface area contributed by atoms with E-state index in [0.717, 1.165) is 0 Å². The number of halogens is 3. The molecule has 0 fully saturated rings. The van der Waals surface area contributed by atoms with E-state index in [4.69, 9.17) is 5.11 Å². The first kappa shape index (κ1) is 12.1. The molecule has 1 rings (SSSR count). The molecule has 1 aromatic heterocycles. The first-order chi connectivity index (χ1) is 6.91. The molecule has 0 aliphatic heterocycles. The Hall–Kier alpha value is -0.980. The highest BCUT2D eigenvalue weighted by Gasteiger charge is 2.18. The van der Waals surface area contributed by atoms with E-state index in [2.05, 4.69) is 21.0 Å². The largest absolute Gasteiger partial charge is 0.481 e. The van der Waals surface area contributed by atoms with Crippen LogP contribution < -0.4 is 0 Å². The Morgan fingerprint density at radius 2 is 2.33 bits per heavy atom. The lowest BCUT2D eigenvalue weighted by atomic mass is 10.2. The number of hydrogen-bond donors (Lipinski definition) is 1. The van der Waals surface area contributed by atoms with Crippen LogP contribution in [-0.4, -0.2) is 20.9 Å². The minimum Gasteiger partial charge on any atom is -0.481 e. The number of carbonyl (C=O) groups is 1. The molecule has 1 heterocycles. The average Bonchev–Trinajstić information content (AvgIpc) is 2.46. The zero-order valence-electron chi connectivity index (χ0n) is 7.82. The fourth-order valence-corrected chi connectivity index (χ4v) is 1.50. The molecule has 84 valence electrons. The van der Waals surface area contributed by atoms with Crippen molar-refractivity contribution in [2.45, 2.75) is 19.9 Å². The maximum atomic E-state index is 12.3. The van der Waals surface area contributed by atoms with Crippen molar-refractivity contribution in [3.8, 4) is 0 Å². The van der Waals surface area contributed by atoms with Crippen molar-refractivity contribution in [2.75, 3.05) is 0 Å². The van der Waals surface area contributed by atoms with E-state index in [0.29, 0.717) is 0 Å². The van der Waals surface area contributed by atoms with Gasteiger partial charge in [-0.3, -0.25) is 9.48 Å². The van der Waals surface area contributed by atoms with E-state index in [1.165, 1.54) is 17.8 Å². The molecule has 0 aromatic carbocycles. The molecular weight excluding hydrogens is 274 g/mol. The average molecular weight is 283 g/mol. The SMILES string of the molecule is CC(Cn1cc(Br)c(C(F)F)n1)C(=O)O. The zero-order valence-corrected chi connectivity index (χ0v) is 9.41. The van der Waals surface area contributed by atoms with Gasteiger partial charge < -0.3 is 5.11 Å². The van der Waals surface area contributed by atoms with Crippen molar-refractivity contribution in [1.82, 2.24) is 9.78 Å². The Kier molecular flexibility index (Phi) is 3.78. The first-order valence-electron chi connectivity index (χ1n) is 4.15. The smallest absolute Gasteiger partial charge is 0.308 e. The Balaban J connectivity index is 2.79. The van der Waals surface area contributed by atoms with Gasteiger partial charge in [0, 0.05) is 6.20 Å². The molecule has 0 saturated heterocycles. The molecule has 0 radical (unpaired) electrons. The van der Waals surface area contributed by atoms with Crippen LogP contribution in [0.15, 0.2) is 10.7 Å². The van der Waals surface area contributed by atoms with Gasteiger partial charge in [0.1, 0.15) is 5.69 Å². The summed E-state index contributed by atoms with van der Waals surface area (Å²) in [6.07, 6.45) is -1.32. The predicted octanol–water partition coefficient (Wildman–Crippen LogP) is 2.30. The lowest BCUT2D eigenvalue weighted by Gasteiger charge is -2.05. The number of carboxylic acid groups (broad SMARTS) is 1. The molecule has 1 aromatic rings. The maximum absolute atomic E-state index is 12.3. The molecule has 15 heavy (non-hydrogen) atoms. The number of hydrogen-bond acceptors (Lipinski definition) is 2. The van der Waals surface area contributed by atoms with Crippen LogP contribution in [0.3, 0.4) is 0 Å². The molecule has 0 aliphatic rings. The molecule has 0 spiro atoms. The van der Waals surface area contributed by atoms with Crippen molar-refractivity contribution in [2.24, 2.45) is 5.92 Å². The van der Waals surface area contributed by atoms with Crippen LogP contribution in [0, 0.1) is 5.92 Å². The summed E-state index contributed by atoms with van der Waals surface area (Å²) in [6, 6.07) is 0. The third kappa shape index (κ3) is 2.98. The van der Waals surface area contributed by atoms with E-state index >= 15 is 0 Å². The highest BCUT2D eigenvalue weighted by atomic mass is 79.9. The summed E-state index contributed by atoms with van der Waals surface area (Å²) in [6.45, 7) is 1.56. The van der Waals surface area contributed by atoms with Gasteiger partial charge in [0.15, 0.2) is 0 Å². The van der Waals surface area contributed by atoms with Crippen LogP contribution in [0.1, 0.15) is 19.0 Å². The number of aliphatic carboxylic acids is 1. The van der Waals surface area contributed by atoms with Crippen molar-refractivity contribution < 1.29 is 18.7 Å². The summed E-state index contributed by atoms with van der Waals surface area (Å²) in [7, 11) is 0. The minimum atomic E-state index is -2.67. The summed E-state index contributed by atoms with van der Waals surface area (Å²) in [5.74, 6) is -1.65. The molecule has 0 aliphatic carbocycles. The third-order valence-corrected chi connectivity index (χ3v) is 2.44. The predicted molar refractivity (Wildman–Crippen MR) is 51.7 cm³/mol. The number of carboxylic acids is 1. The fourth-order valence-electron chi connectivity index (χ4n) is 1.01. The van der Waals surface area contributed by atoms with Gasteiger partial charge in [0.25, 0.3) is 6.43 Å². The lowest BCUT2D eigenvalue weighted by Crippen LogP contribution is -2.17. The molecule has 0 bridgehead atoms. The van der Waals surface area contributed by atoms with Crippen LogP contribution >= 0.6 is 15.9 Å². The van der Waals surface area contributed by atoms with Crippen LogP contribution in [-0.2, 0) is 11.3 Å². The van der Waals surface area contributed by atoms with Crippen molar-refractivity contribution >= 4 is 21.9 Å². The standard InChI is InChI=1S/C8H9BrF2N2O2/c1-4(8(14)15)2-13-3-5(9)6(12-13)7(10)11/h3-4,7H,2H2,1H3,(H,14,15). The topological polar surface area (TPSA) is 55.1 Å². The molecular formula is C8H9BrF2N2O2. The molecule has 0 amide bonds. The zero-order chi connectivity index (χ0) is 11.6. The van der Waals surface area contributed by atoms with Crippen molar-refractivity contribution in [3.63, 3.8) is 0 Å². The second-order valence-electron chi connectivity index (χ2n) is 3.12. The van der Waals surface area contributed by atoms with Gasteiger partial charge in [-0.25, -0.2) is 8.78 Å². The van der Waals surface area contributed by atoms with Crippen LogP contribution in [0.4, 0.5) is 8.78 Å². The quantitative estimate of drug-likeness (QED) is 0.922. The van der Waals surface area contributed by atoms with Gasteiger partial charge in [0.05, 0.1) is 16.9 Å². The first-order valence-corrected chi connectivity index (χ1v) is 4.95. The summed E-state index contributed by atoms with van der Waals surface area (Å²) < 4.78 is 26.0. The van der Waals surface area contributed by atoms with Crippen molar-refractivity contribution in [3.05, 3.63) is 16.4 Å². The number of aromatic nitrogens is 2. The Bertz CT molecular complexity index is 368. The van der Waals surface area contributed by atoms with Gasteiger partial charge in [-0.05, 0) is 15.9 Å². The van der Waals surface area contributed by atoms with Crippen LogP contribution in [0.25, 0.3) is 0 Å². The van der Waals surface area contributed by atoms with Gasteiger partial charge in [-0.15, -0.1) is 0 Å². The Labute approximate surface area is 93.0 Å². The molecule has 4 nitrogen and oxygen atoms in total. The number of rotatable bonds is 4. The second kappa shape index (κ2) is 4.69. The summed E-state index contributed by atoms with van der Waals surface area (Å²) >= 11 is 2.93. The van der Waals surface area contributed by atoms with E-state index in [-0.39, 0.29) is 16.7 Å². The van der Waals surface area contributed by atoms with Gasteiger partial charge >= 0.3 is 5.97 Å². The normalized spacial score (nSPS) is 13.1. The molecule has 1 unspecified atom stereocenters. The van der Waals surface area contributed by atoms with Gasteiger partial charge in [-0.2, -0.15) is 5.10 Å². The molecule has 1 atom stereocenters.